The molecular formula is C29H38N2O6. The fraction of sp³-hybridized carbons (Fsp3) is 0.448. The molecule has 0 aromatic heterocycles. The Bertz CT molecular complexity index is 1110. The summed E-state index contributed by atoms with van der Waals surface area (Å²) in [5, 5.41) is 11.4. The molecule has 1 heterocycles. The van der Waals surface area contributed by atoms with Crippen LogP contribution in [0.15, 0.2) is 48.0 Å². The molecule has 1 saturated heterocycles. The van der Waals surface area contributed by atoms with E-state index in [0.717, 1.165) is 37.2 Å². The Balaban J connectivity index is 2.06. The Morgan fingerprint density at radius 3 is 2.24 bits per heavy atom. The lowest BCUT2D eigenvalue weighted by Crippen LogP contribution is -2.38. The van der Waals surface area contributed by atoms with Crippen molar-refractivity contribution in [3.8, 4) is 17.2 Å². The van der Waals surface area contributed by atoms with Crippen LogP contribution in [-0.2, 0) is 9.59 Å². The second kappa shape index (κ2) is 13.1. The number of methoxy groups -OCH3 is 2. The van der Waals surface area contributed by atoms with E-state index in [1.165, 1.54) is 14.2 Å². The first-order valence-corrected chi connectivity index (χ1v) is 12.9. The molecule has 0 spiro atoms. The van der Waals surface area contributed by atoms with E-state index in [2.05, 4.69) is 25.7 Å². The number of hydrogen-bond acceptors (Lipinski definition) is 7. The number of amides is 1. The molecule has 0 aliphatic carbocycles. The lowest BCUT2D eigenvalue weighted by Gasteiger charge is -2.28. The number of ketones is 1. The van der Waals surface area contributed by atoms with Crippen molar-refractivity contribution in [3.63, 3.8) is 0 Å². The molecule has 1 atom stereocenters. The van der Waals surface area contributed by atoms with E-state index < -0.39 is 17.7 Å². The van der Waals surface area contributed by atoms with Crippen molar-refractivity contribution in [2.45, 2.75) is 39.7 Å². The first-order valence-electron chi connectivity index (χ1n) is 12.9. The van der Waals surface area contributed by atoms with Gasteiger partial charge in [0.25, 0.3) is 11.7 Å². The Labute approximate surface area is 219 Å². The minimum absolute atomic E-state index is 0.0522. The van der Waals surface area contributed by atoms with Crippen molar-refractivity contribution in [2.24, 2.45) is 0 Å². The zero-order chi connectivity index (χ0) is 26.9. The molecule has 8 nitrogen and oxygen atoms in total. The van der Waals surface area contributed by atoms with Crippen LogP contribution < -0.4 is 14.2 Å². The number of carbonyl (C=O) groups is 2. The highest BCUT2D eigenvalue weighted by Crippen LogP contribution is 2.41. The number of unbranched alkanes of at least 4 members (excludes halogenated alkanes) is 1. The molecule has 2 aromatic rings. The highest BCUT2D eigenvalue weighted by molar-refractivity contribution is 6.46. The predicted molar refractivity (Wildman–Crippen MR) is 143 cm³/mol. The summed E-state index contributed by atoms with van der Waals surface area (Å²) < 4.78 is 16.5. The minimum Gasteiger partial charge on any atom is -0.507 e. The van der Waals surface area contributed by atoms with Crippen molar-refractivity contribution in [2.75, 3.05) is 47.0 Å². The average Bonchev–Trinajstić information content (AvgIpc) is 3.18. The van der Waals surface area contributed by atoms with E-state index >= 15 is 0 Å². The van der Waals surface area contributed by atoms with Gasteiger partial charge < -0.3 is 29.1 Å². The van der Waals surface area contributed by atoms with Crippen LogP contribution in [0.5, 0.6) is 17.2 Å². The van der Waals surface area contributed by atoms with Crippen LogP contribution >= 0.6 is 0 Å². The zero-order valence-electron chi connectivity index (χ0n) is 22.5. The average molecular weight is 511 g/mol. The largest absolute Gasteiger partial charge is 0.507 e. The maximum absolute atomic E-state index is 13.3. The van der Waals surface area contributed by atoms with Gasteiger partial charge in [-0.2, -0.15) is 0 Å². The van der Waals surface area contributed by atoms with Crippen LogP contribution in [0.25, 0.3) is 5.76 Å². The molecule has 0 bridgehead atoms. The van der Waals surface area contributed by atoms with Gasteiger partial charge in [0, 0.05) is 18.7 Å². The number of Topliss-reactive ketones (excluding diaryl/α,β-unsaturated/α-hetero) is 1. The number of hydrogen-bond donors (Lipinski definition) is 1. The Morgan fingerprint density at radius 1 is 0.973 bits per heavy atom. The molecule has 1 amide bonds. The quantitative estimate of drug-likeness (QED) is 0.182. The monoisotopic (exact) mass is 510 g/mol. The number of nitrogens with zero attached hydrogens (tertiary/aromatic N) is 2. The number of aliphatic hydroxyl groups excluding tert-OH is 1. The van der Waals surface area contributed by atoms with Gasteiger partial charge in [-0.05, 0) is 55.4 Å². The molecule has 3 rings (SSSR count). The molecule has 200 valence electrons. The van der Waals surface area contributed by atoms with E-state index in [0.29, 0.717) is 36.8 Å². The van der Waals surface area contributed by atoms with E-state index in [9.17, 15) is 14.7 Å². The molecule has 1 fully saturated rings. The standard InChI is InChI=1S/C29H38N2O6/c1-6-9-18-37-22-13-10-20(11-14-22)26-25(27(32)21-12-15-23(35-4)24(19-21)36-5)28(33)29(34)31(26)17-16-30(7-2)8-3/h10-15,19,26,32H,6-9,16-18H2,1-5H3/t26-/m0/s1. The van der Waals surface area contributed by atoms with Crippen LogP contribution in [0.1, 0.15) is 50.8 Å². The summed E-state index contributed by atoms with van der Waals surface area (Å²) in [5.41, 5.74) is 1.14. The van der Waals surface area contributed by atoms with Crippen molar-refractivity contribution in [1.29, 1.82) is 0 Å². The first-order chi connectivity index (χ1) is 17.9. The number of likely N-dealkylation sites (N-methyl/N-ethyl adjacent to an activating group) is 1. The van der Waals surface area contributed by atoms with Gasteiger partial charge in [0.05, 0.1) is 32.4 Å². The van der Waals surface area contributed by atoms with E-state index in [1.807, 2.05) is 24.3 Å². The van der Waals surface area contributed by atoms with Gasteiger partial charge in [0.1, 0.15) is 11.5 Å². The number of carbonyl (C=O) groups excluding carboxylic acids is 2. The number of likely N-dealkylation sites (tertiary alicyclic amines) is 1. The number of benzene rings is 2. The van der Waals surface area contributed by atoms with Crippen molar-refractivity contribution in [3.05, 3.63) is 59.2 Å². The molecule has 0 radical (unpaired) electrons. The third-order valence-corrected chi connectivity index (χ3v) is 6.71. The smallest absolute Gasteiger partial charge is 0.295 e. The Morgan fingerprint density at radius 2 is 1.65 bits per heavy atom. The normalized spacial score (nSPS) is 16.9. The highest BCUT2D eigenvalue weighted by Gasteiger charge is 2.46. The summed E-state index contributed by atoms with van der Waals surface area (Å²) in [5.74, 6) is 0.0408. The molecule has 1 aliphatic rings. The molecule has 8 heteroatoms. The maximum Gasteiger partial charge on any atom is 0.295 e. The third-order valence-electron chi connectivity index (χ3n) is 6.71. The van der Waals surface area contributed by atoms with E-state index in [1.54, 1.807) is 23.1 Å². The summed E-state index contributed by atoms with van der Waals surface area (Å²) in [7, 11) is 3.02. The van der Waals surface area contributed by atoms with Crippen LogP contribution in [-0.4, -0.2) is 73.6 Å². The molecule has 0 saturated carbocycles. The summed E-state index contributed by atoms with van der Waals surface area (Å²) in [6.07, 6.45) is 1.99. The molecule has 37 heavy (non-hydrogen) atoms. The van der Waals surface area contributed by atoms with Crippen LogP contribution in [0.3, 0.4) is 0 Å². The van der Waals surface area contributed by atoms with Gasteiger partial charge in [-0.1, -0.05) is 39.3 Å². The van der Waals surface area contributed by atoms with Crippen LogP contribution in [0.4, 0.5) is 0 Å². The number of rotatable bonds is 13. The SMILES string of the molecule is CCCCOc1ccc([C@H]2C(=C(O)c3ccc(OC)c(OC)c3)C(=O)C(=O)N2CCN(CC)CC)cc1. The fourth-order valence-corrected chi connectivity index (χ4v) is 4.47. The lowest BCUT2D eigenvalue weighted by molar-refractivity contribution is -0.140. The van der Waals surface area contributed by atoms with Gasteiger partial charge in [0.2, 0.25) is 0 Å². The van der Waals surface area contributed by atoms with Crippen LogP contribution in [0, 0.1) is 0 Å². The second-order valence-corrected chi connectivity index (χ2v) is 8.86. The first kappa shape index (κ1) is 28.1. The van der Waals surface area contributed by atoms with Gasteiger partial charge in [-0.25, -0.2) is 0 Å². The molecule has 1 aliphatic heterocycles. The van der Waals surface area contributed by atoms with Gasteiger partial charge in [0.15, 0.2) is 11.5 Å². The lowest BCUT2D eigenvalue weighted by atomic mass is 9.95. The number of aliphatic hydroxyl groups is 1. The molecule has 0 unspecified atom stereocenters. The summed E-state index contributed by atoms with van der Waals surface area (Å²) in [6, 6.07) is 11.5. The van der Waals surface area contributed by atoms with E-state index in [-0.39, 0.29) is 11.3 Å². The van der Waals surface area contributed by atoms with Crippen molar-refractivity contribution in [1.82, 2.24) is 9.80 Å². The fourth-order valence-electron chi connectivity index (χ4n) is 4.47. The second-order valence-electron chi connectivity index (χ2n) is 8.86. The maximum atomic E-state index is 13.3. The van der Waals surface area contributed by atoms with Gasteiger partial charge in [-0.15, -0.1) is 0 Å². The molecule has 2 aromatic carbocycles. The van der Waals surface area contributed by atoms with E-state index in [4.69, 9.17) is 14.2 Å². The minimum atomic E-state index is -0.728. The topological polar surface area (TPSA) is 88.5 Å². The predicted octanol–water partition coefficient (Wildman–Crippen LogP) is 4.65. The Hall–Kier alpha value is -3.52. The molecule has 1 N–H and O–H groups in total. The Kier molecular flexibility index (Phi) is 9.97. The summed E-state index contributed by atoms with van der Waals surface area (Å²) in [6.45, 7) is 9.48. The zero-order valence-corrected chi connectivity index (χ0v) is 22.5. The number of ether oxygens (including phenoxy) is 3. The van der Waals surface area contributed by atoms with Gasteiger partial charge >= 0.3 is 0 Å². The summed E-state index contributed by atoms with van der Waals surface area (Å²) in [4.78, 5) is 30.3. The van der Waals surface area contributed by atoms with Gasteiger partial charge in [-0.3, -0.25) is 9.59 Å². The third kappa shape index (κ3) is 6.25. The highest BCUT2D eigenvalue weighted by atomic mass is 16.5. The van der Waals surface area contributed by atoms with Crippen molar-refractivity contribution >= 4 is 17.4 Å². The molecular weight excluding hydrogens is 472 g/mol. The van der Waals surface area contributed by atoms with Crippen LogP contribution in [0.2, 0.25) is 0 Å². The summed E-state index contributed by atoms with van der Waals surface area (Å²) >= 11 is 0. The van der Waals surface area contributed by atoms with Crippen molar-refractivity contribution < 1.29 is 28.9 Å².